The Morgan fingerprint density at radius 3 is 0.923 bits per heavy atom. The van der Waals surface area contributed by atoms with Gasteiger partial charge in [0, 0.05) is 0 Å². The summed E-state index contributed by atoms with van der Waals surface area (Å²) in [5, 5.41) is 0.976. The number of rotatable bonds is 1. The van der Waals surface area contributed by atoms with E-state index in [1.54, 1.807) is 0 Å². The maximum absolute atomic E-state index is 4.33. The van der Waals surface area contributed by atoms with Crippen LogP contribution in [0.1, 0.15) is 55.4 Å². The van der Waals surface area contributed by atoms with Crippen LogP contribution in [-0.4, -0.2) is 15.5 Å². The van der Waals surface area contributed by atoms with E-state index in [-0.39, 0.29) is 13.1 Å². The van der Waals surface area contributed by atoms with Gasteiger partial charge in [0.05, 0.1) is 6.92 Å². The molecule has 13 heavy (non-hydrogen) atoms. The van der Waals surface area contributed by atoms with E-state index in [1.165, 1.54) is 0 Å². The van der Waals surface area contributed by atoms with E-state index in [2.05, 4.69) is 62.3 Å². The van der Waals surface area contributed by atoms with Gasteiger partial charge in [0.2, 0.25) is 0 Å². The fourth-order valence-corrected chi connectivity index (χ4v) is 8.47. The molecule has 0 atom stereocenters. The van der Waals surface area contributed by atoms with Crippen LogP contribution in [0.4, 0.5) is 0 Å². The summed E-state index contributed by atoms with van der Waals surface area (Å²) in [6, 6.07) is 0. The van der Waals surface area contributed by atoms with E-state index < -0.39 is 0 Å². The molecule has 0 N–H and O–H groups in total. The van der Waals surface area contributed by atoms with Crippen LogP contribution in [-0.2, 0) is 0 Å². The normalized spacial score (nSPS) is 15.2. The SMILES string of the molecule is [CH2+]C(C)(C)P(C(C)(C)C)C(C)(C)C. The predicted octanol–water partition coefficient (Wildman–Crippen LogP) is 4.68. The molecule has 0 fully saturated rings. The van der Waals surface area contributed by atoms with Crippen molar-refractivity contribution in [1.29, 1.82) is 0 Å². The quantitative estimate of drug-likeness (QED) is 0.427. The average Bonchev–Trinajstić information content (AvgIpc) is 1.44. The third-order valence-corrected chi connectivity index (χ3v) is 5.84. The average molecular weight is 201 g/mol. The van der Waals surface area contributed by atoms with Crippen LogP contribution in [0, 0.1) is 6.92 Å². The first kappa shape index (κ1) is 13.3. The Kier molecular flexibility index (Phi) is 3.54. The molecule has 0 aromatic rings. The summed E-state index contributed by atoms with van der Waals surface area (Å²) in [6.45, 7) is 22.9. The molecular formula is C12H26P+. The number of hydrogen-bond acceptors (Lipinski definition) is 0. The highest BCUT2D eigenvalue weighted by Crippen LogP contribution is 2.66. The predicted molar refractivity (Wildman–Crippen MR) is 65.9 cm³/mol. The Labute approximate surface area is 86.3 Å². The van der Waals surface area contributed by atoms with Crippen LogP contribution in [0.25, 0.3) is 0 Å². The van der Waals surface area contributed by atoms with Gasteiger partial charge in [-0.1, -0.05) is 41.5 Å². The molecule has 0 aromatic carbocycles. The van der Waals surface area contributed by atoms with E-state index in [1.807, 2.05) is 0 Å². The smallest absolute Gasteiger partial charge is 0.0560 e. The molecule has 0 aromatic heterocycles. The monoisotopic (exact) mass is 201 g/mol. The van der Waals surface area contributed by atoms with Gasteiger partial charge in [-0.25, -0.2) is 0 Å². The fraction of sp³-hybridized carbons (Fsp3) is 0.917. The summed E-state index contributed by atoms with van der Waals surface area (Å²) >= 11 is 0. The van der Waals surface area contributed by atoms with Gasteiger partial charge >= 0.3 is 0 Å². The maximum Gasteiger partial charge on any atom is 0.118 e. The molecule has 0 heterocycles. The molecule has 0 spiro atoms. The summed E-state index contributed by atoms with van der Waals surface area (Å²) < 4.78 is 0. The van der Waals surface area contributed by atoms with Crippen molar-refractivity contribution in [3.8, 4) is 0 Å². The van der Waals surface area contributed by atoms with Gasteiger partial charge in [-0.05, 0) is 32.1 Å². The first-order chi connectivity index (χ1) is 5.37. The number of hydrogen-bond donors (Lipinski definition) is 0. The second-order valence-corrected chi connectivity index (χ2v) is 11.1. The van der Waals surface area contributed by atoms with Crippen LogP contribution < -0.4 is 0 Å². The van der Waals surface area contributed by atoms with E-state index in [4.69, 9.17) is 0 Å². The lowest BCUT2D eigenvalue weighted by molar-refractivity contribution is 0.665. The molecule has 78 valence electrons. The molecule has 0 unspecified atom stereocenters. The van der Waals surface area contributed by atoms with Crippen LogP contribution in [0.5, 0.6) is 0 Å². The molecule has 0 nitrogen and oxygen atoms in total. The fourth-order valence-electron chi connectivity index (χ4n) is 2.82. The minimum atomic E-state index is -0.0949. The molecule has 0 saturated heterocycles. The molecule has 0 radical (unpaired) electrons. The largest absolute Gasteiger partial charge is 0.118 e. The summed E-state index contributed by atoms with van der Waals surface area (Å²) in [5.41, 5.74) is 0. The van der Waals surface area contributed by atoms with Gasteiger partial charge in [0.1, 0.15) is 5.16 Å². The highest BCUT2D eigenvalue weighted by atomic mass is 31.1. The second-order valence-electron chi connectivity index (χ2n) is 6.49. The van der Waals surface area contributed by atoms with Crippen molar-refractivity contribution in [2.24, 2.45) is 0 Å². The lowest BCUT2D eigenvalue weighted by Crippen LogP contribution is -2.35. The molecule has 0 aliphatic rings. The summed E-state index contributed by atoms with van der Waals surface area (Å²) in [4.78, 5) is 0. The summed E-state index contributed by atoms with van der Waals surface area (Å²) in [6.07, 6.45) is 0. The molecule has 0 amide bonds. The molecule has 0 bridgehead atoms. The van der Waals surface area contributed by atoms with Crippen LogP contribution in [0.2, 0.25) is 0 Å². The Morgan fingerprint density at radius 1 is 0.692 bits per heavy atom. The van der Waals surface area contributed by atoms with E-state index in [9.17, 15) is 0 Å². The Hall–Kier alpha value is 0.300. The van der Waals surface area contributed by atoms with Crippen LogP contribution >= 0.6 is 7.92 Å². The highest BCUT2D eigenvalue weighted by Gasteiger charge is 2.46. The van der Waals surface area contributed by atoms with Crippen molar-refractivity contribution in [2.45, 2.75) is 70.9 Å². The molecule has 0 rings (SSSR count). The van der Waals surface area contributed by atoms with Gasteiger partial charge in [-0.3, -0.25) is 0 Å². The molecule has 0 aliphatic heterocycles. The van der Waals surface area contributed by atoms with Gasteiger partial charge in [-0.2, -0.15) is 0 Å². The molecular weight excluding hydrogens is 175 g/mol. The maximum atomic E-state index is 4.33. The van der Waals surface area contributed by atoms with Crippen molar-refractivity contribution < 1.29 is 0 Å². The Bertz CT molecular complexity index is 128. The van der Waals surface area contributed by atoms with Gasteiger partial charge in [-0.15, -0.1) is 0 Å². The second kappa shape index (κ2) is 3.46. The van der Waals surface area contributed by atoms with Crippen molar-refractivity contribution in [1.82, 2.24) is 0 Å². The van der Waals surface area contributed by atoms with Crippen molar-refractivity contribution >= 4 is 7.92 Å². The Morgan fingerprint density at radius 2 is 0.923 bits per heavy atom. The molecule has 0 aliphatic carbocycles. The zero-order chi connectivity index (χ0) is 11.1. The highest BCUT2D eigenvalue weighted by molar-refractivity contribution is 7.62. The zero-order valence-electron chi connectivity index (χ0n) is 10.7. The van der Waals surface area contributed by atoms with E-state index in [0.29, 0.717) is 10.3 Å². The van der Waals surface area contributed by atoms with Crippen LogP contribution in [0.15, 0.2) is 0 Å². The zero-order valence-corrected chi connectivity index (χ0v) is 11.5. The lowest BCUT2D eigenvalue weighted by Gasteiger charge is -2.45. The van der Waals surface area contributed by atoms with Gasteiger partial charge in [0.15, 0.2) is 0 Å². The summed E-state index contributed by atoms with van der Waals surface area (Å²) in [7, 11) is -0.0949. The summed E-state index contributed by atoms with van der Waals surface area (Å²) in [5.74, 6) is 0. The van der Waals surface area contributed by atoms with E-state index in [0.717, 1.165) is 0 Å². The van der Waals surface area contributed by atoms with E-state index >= 15 is 0 Å². The topological polar surface area (TPSA) is 0 Å². The third-order valence-electron chi connectivity index (χ3n) is 1.95. The van der Waals surface area contributed by atoms with Crippen molar-refractivity contribution in [3.63, 3.8) is 0 Å². The first-order valence-electron chi connectivity index (χ1n) is 5.02. The standard InChI is InChI=1S/C12H26P/c1-10(2,3)13(11(4,5)6)12(7,8)9/h1H2,2-9H3/q+1. The minimum absolute atomic E-state index is 0.0949. The lowest BCUT2D eigenvalue weighted by atomic mass is 10.2. The van der Waals surface area contributed by atoms with Crippen molar-refractivity contribution in [3.05, 3.63) is 6.92 Å². The first-order valence-corrected chi connectivity index (χ1v) is 6.37. The molecule has 1 heteroatoms. The van der Waals surface area contributed by atoms with Crippen molar-refractivity contribution in [2.75, 3.05) is 0 Å². The van der Waals surface area contributed by atoms with Gasteiger partial charge in [0.25, 0.3) is 0 Å². The van der Waals surface area contributed by atoms with Crippen LogP contribution in [0.3, 0.4) is 0 Å². The molecule has 0 saturated carbocycles. The Balaban J connectivity index is 5.02. The van der Waals surface area contributed by atoms with Gasteiger partial charge < -0.3 is 0 Å². The minimum Gasteiger partial charge on any atom is -0.0560 e. The third kappa shape index (κ3) is 3.90.